The van der Waals surface area contributed by atoms with Crippen LogP contribution in [0.25, 0.3) is 10.8 Å². The van der Waals surface area contributed by atoms with Gasteiger partial charge in [-0.25, -0.2) is 4.79 Å². The second-order valence-corrected chi connectivity index (χ2v) is 11.1. The van der Waals surface area contributed by atoms with E-state index in [-0.39, 0.29) is 49.6 Å². The number of anilines is 1. The van der Waals surface area contributed by atoms with Gasteiger partial charge in [0.15, 0.2) is 10.9 Å². The number of carbonyl (C=O) groups is 1. The van der Waals surface area contributed by atoms with Crippen LogP contribution < -0.4 is 31.7 Å². The maximum Gasteiger partial charge on any atom is 0.337 e. The molecule has 2 aromatic carbocycles. The molecular weight excluding hydrogens is 550 g/mol. The fraction of sp³-hybridized carbons (Fsp3) is 0.276. The summed E-state index contributed by atoms with van der Waals surface area (Å²) in [7, 11) is -2.36. The SMILES string of the molecule is COC(=O)c1ccc(OC)c(N/N=c2/c(S(=O)(=O)O)cc(=NC3CCCCC3)c3c(=O)c4ccccc4c(=O)c2=3)c1. The fourth-order valence-corrected chi connectivity index (χ4v) is 5.86. The van der Waals surface area contributed by atoms with Gasteiger partial charge in [-0.3, -0.25) is 24.6 Å². The summed E-state index contributed by atoms with van der Waals surface area (Å²) in [6.45, 7) is 0. The Morgan fingerprint density at radius 1 is 0.951 bits per heavy atom. The van der Waals surface area contributed by atoms with Gasteiger partial charge in [-0.05, 0) is 37.1 Å². The largest absolute Gasteiger partial charge is 0.495 e. The molecule has 212 valence electrons. The van der Waals surface area contributed by atoms with Crippen LogP contribution >= 0.6 is 0 Å². The Bertz CT molecular complexity index is 2080. The molecule has 0 heterocycles. The maximum absolute atomic E-state index is 13.9. The summed E-state index contributed by atoms with van der Waals surface area (Å²) in [4.78, 5) is 43.8. The number of benzene rings is 2. The van der Waals surface area contributed by atoms with Crippen LogP contribution in [0.1, 0.15) is 42.5 Å². The molecule has 0 aliphatic heterocycles. The summed E-state index contributed by atoms with van der Waals surface area (Å²) in [5.74, 6) is -0.405. The molecule has 1 saturated carbocycles. The van der Waals surface area contributed by atoms with Gasteiger partial charge in [-0.15, -0.1) is 0 Å². The minimum Gasteiger partial charge on any atom is -0.495 e. The average molecular weight is 578 g/mol. The Kier molecular flexibility index (Phi) is 7.70. The molecule has 0 bridgehead atoms. The number of fused-ring (bicyclic) bond motifs is 1. The third kappa shape index (κ3) is 5.35. The van der Waals surface area contributed by atoms with Crippen molar-refractivity contribution in [2.75, 3.05) is 19.6 Å². The van der Waals surface area contributed by atoms with Crippen molar-refractivity contribution in [2.45, 2.75) is 43.0 Å². The molecule has 2 aromatic rings. The average Bonchev–Trinajstić information content (AvgIpc) is 2.98. The number of methoxy groups -OCH3 is 2. The highest BCUT2D eigenvalue weighted by Gasteiger charge is 2.21. The lowest BCUT2D eigenvalue weighted by atomic mass is 9.96. The highest BCUT2D eigenvalue weighted by molar-refractivity contribution is 7.85. The molecule has 0 aromatic heterocycles. The Balaban J connectivity index is 1.93. The first-order valence-corrected chi connectivity index (χ1v) is 14.4. The number of ether oxygens (including phenoxy) is 2. The monoisotopic (exact) mass is 577 g/mol. The van der Waals surface area contributed by atoms with Crippen LogP contribution in [0.5, 0.6) is 5.75 Å². The molecule has 3 aliphatic carbocycles. The molecule has 3 aliphatic rings. The summed E-state index contributed by atoms with van der Waals surface area (Å²) < 4.78 is 45.7. The first-order chi connectivity index (χ1) is 19.6. The lowest BCUT2D eigenvalue weighted by molar-refractivity contribution is 0.0600. The number of carbonyl (C=O) groups excluding carboxylic acids is 1. The van der Waals surface area contributed by atoms with Crippen LogP contribution in [0.15, 0.2) is 73.1 Å². The van der Waals surface area contributed by atoms with Gasteiger partial charge in [0.05, 0.1) is 47.3 Å². The van der Waals surface area contributed by atoms with Crippen molar-refractivity contribution in [2.24, 2.45) is 10.1 Å². The molecule has 11 nitrogen and oxygen atoms in total. The van der Waals surface area contributed by atoms with E-state index in [0.29, 0.717) is 0 Å². The van der Waals surface area contributed by atoms with E-state index in [9.17, 15) is 27.4 Å². The quantitative estimate of drug-likeness (QED) is 0.199. The van der Waals surface area contributed by atoms with E-state index in [1.54, 1.807) is 12.1 Å². The Hall–Kier alpha value is -4.42. The molecule has 2 N–H and O–H groups in total. The van der Waals surface area contributed by atoms with Crippen LogP contribution in [0.3, 0.4) is 0 Å². The van der Waals surface area contributed by atoms with Gasteiger partial charge in [0, 0.05) is 10.8 Å². The van der Waals surface area contributed by atoms with E-state index >= 15 is 0 Å². The third-order valence-electron chi connectivity index (χ3n) is 7.20. The lowest BCUT2D eigenvalue weighted by Gasteiger charge is -2.17. The van der Waals surface area contributed by atoms with E-state index in [4.69, 9.17) is 14.5 Å². The standard InChI is InChI=1S/C29H27N3O8S/c1-39-22-13-12-16(29(35)40-2)14-20(22)31-32-26-23(41(36,37)38)15-21(30-17-8-4-3-5-9-17)24-25(26)28(34)19-11-7-6-10-18(19)27(24)33/h6-7,10-15,17,31H,3-5,8-9H2,1-2H3,(H,36,37,38)/b30-21?,32-26-. The molecular formula is C29H27N3O8S. The minimum absolute atomic E-state index is 0.0107. The van der Waals surface area contributed by atoms with Crippen LogP contribution in [0.2, 0.25) is 0 Å². The number of hydrogen-bond acceptors (Lipinski definition) is 10. The van der Waals surface area contributed by atoms with Gasteiger partial charge in [0.25, 0.3) is 10.1 Å². The summed E-state index contributed by atoms with van der Waals surface area (Å²) in [6.07, 6.45) is 4.41. The van der Waals surface area contributed by atoms with Crippen molar-refractivity contribution in [3.05, 3.63) is 95.7 Å². The van der Waals surface area contributed by atoms with Crippen molar-refractivity contribution in [3.8, 4) is 5.75 Å². The van der Waals surface area contributed by atoms with E-state index in [0.717, 1.165) is 38.2 Å². The predicted molar refractivity (Wildman–Crippen MR) is 150 cm³/mol. The Morgan fingerprint density at radius 3 is 2.22 bits per heavy atom. The van der Waals surface area contributed by atoms with Crippen molar-refractivity contribution >= 4 is 32.5 Å². The third-order valence-corrected chi connectivity index (χ3v) is 8.06. The van der Waals surface area contributed by atoms with Crippen LogP contribution in [-0.4, -0.2) is 39.2 Å². The number of hydrogen-bond donors (Lipinski definition) is 2. The molecule has 0 spiro atoms. The summed E-state index contributed by atoms with van der Waals surface area (Å²) in [5.41, 5.74) is 1.78. The summed E-state index contributed by atoms with van der Waals surface area (Å²) in [5, 5.41) is 3.60. The van der Waals surface area contributed by atoms with E-state index in [2.05, 4.69) is 10.5 Å². The van der Waals surface area contributed by atoms with Crippen molar-refractivity contribution < 1.29 is 27.2 Å². The van der Waals surface area contributed by atoms with Gasteiger partial charge >= 0.3 is 5.97 Å². The number of rotatable bonds is 6. The topological polar surface area (TPSA) is 161 Å². The molecule has 12 heteroatoms. The molecule has 0 amide bonds. The normalized spacial score (nSPS) is 15.4. The Labute approximate surface area is 233 Å². The van der Waals surface area contributed by atoms with Gasteiger partial charge in [-0.1, -0.05) is 43.5 Å². The molecule has 0 radical (unpaired) electrons. The zero-order valence-electron chi connectivity index (χ0n) is 22.3. The van der Waals surface area contributed by atoms with Crippen LogP contribution in [0, 0.1) is 10.4 Å². The predicted octanol–water partition coefficient (Wildman–Crippen LogP) is 2.36. The first-order valence-electron chi connectivity index (χ1n) is 12.9. The van der Waals surface area contributed by atoms with Crippen molar-refractivity contribution in [1.29, 1.82) is 0 Å². The zero-order valence-corrected chi connectivity index (χ0v) is 23.2. The first kappa shape index (κ1) is 28.1. The second kappa shape index (κ2) is 11.2. The van der Waals surface area contributed by atoms with Crippen LogP contribution in [0.4, 0.5) is 5.69 Å². The molecule has 0 saturated heterocycles. The van der Waals surface area contributed by atoms with E-state index < -0.39 is 37.2 Å². The van der Waals surface area contributed by atoms with E-state index in [1.807, 2.05) is 0 Å². The van der Waals surface area contributed by atoms with Gasteiger partial charge in [-0.2, -0.15) is 13.5 Å². The number of nitrogens with one attached hydrogen (secondary N) is 1. The van der Waals surface area contributed by atoms with Crippen LogP contribution in [-0.2, 0) is 14.9 Å². The van der Waals surface area contributed by atoms with Gasteiger partial charge in [0.1, 0.15) is 16.0 Å². The Morgan fingerprint density at radius 2 is 1.61 bits per heavy atom. The van der Waals surface area contributed by atoms with Crippen molar-refractivity contribution in [3.63, 3.8) is 0 Å². The molecule has 41 heavy (non-hydrogen) atoms. The summed E-state index contributed by atoms with van der Waals surface area (Å²) >= 11 is 0. The maximum atomic E-state index is 13.9. The zero-order chi connectivity index (χ0) is 29.3. The van der Waals surface area contributed by atoms with Gasteiger partial charge < -0.3 is 9.47 Å². The van der Waals surface area contributed by atoms with Gasteiger partial charge in [0.2, 0.25) is 0 Å². The fourth-order valence-electron chi connectivity index (χ4n) is 5.21. The molecule has 0 atom stereocenters. The van der Waals surface area contributed by atoms with Crippen molar-refractivity contribution in [1.82, 2.24) is 0 Å². The molecule has 1 fully saturated rings. The minimum atomic E-state index is -4.96. The smallest absolute Gasteiger partial charge is 0.337 e. The number of esters is 1. The highest BCUT2D eigenvalue weighted by Crippen LogP contribution is 2.26. The molecule has 5 rings (SSSR count). The second-order valence-electron chi connectivity index (χ2n) is 9.72. The lowest BCUT2D eigenvalue weighted by Crippen LogP contribution is -2.34. The number of nitrogens with zero attached hydrogens (tertiary/aromatic N) is 2. The molecule has 0 unspecified atom stereocenters. The van der Waals surface area contributed by atoms with E-state index in [1.165, 1.54) is 44.6 Å². The highest BCUT2D eigenvalue weighted by atomic mass is 32.2. The summed E-state index contributed by atoms with van der Waals surface area (Å²) in [6, 6.07) is 11.4.